The molecule has 0 aliphatic heterocycles. The molecular weight excluding hydrogens is 346 g/mol. The number of nitrogens with one attached hydrogen (secondary N) is 1. The lowest BCUT2D eigenvalue weighted by atomic mass is 10.1. The minimum absolute atomic E-state index is 0.0813. The molecule has 3 rings (SSSR count). The van der Waals surface area contributed by atoms with Gasteiger partial charge in [-0.2, -0.15) is 13.4 Å². The molecule has 130 valence electrons. The molecule has 0 unspecified atom stereocenters. The molecule has 2 aromatic heterocycles. The van der Waals surface area contributed by atoms with Crippen LogP contribution in [0, 0.1) is 20.8 Å². The summed E-state index contributed by atoms with van der Waals surface area (Å²) in [4.78, 5) is 19.3. The maximum atomic E-state index is 12.6. The van der Waals surface area contributed by atoms with Crippen molar-refractivity contribution in [3.63, 3.8) is 0 Å². The van der Waals surface area contributed by atoms with Crippen LogP contribution in [0.4, 0.5) is 5.69 Å². The third-order valence-corrected chi connectivity index (χ3v) is 4.69. The standard InChI is InChI=1S/C15H15N5O4S/c1-8-5-4-6-11(13(21)22)12(8)19-25(23,24)15-17-14-16-9(2)7-10(3)20(14)18-15/h4-7,19H,1-3H3,(H,21,22)/p-1. The summed E-state index contributed by atoms with van der Waals surface area (Å²) in [5, 5.41) is 14.7. The Morgan fingerprint density at radius 1 is 1.20 bits per heavy atom. The monoisotopic (exact) mass is 360 g/mol. The van der Waals surface area contributed by atoms with Crippen molar-refractivity contribution in [1.82, 2.24) is 19.6 Å². The molecular formula is C15H14N5O4S-. The van der Waals surface area contributed by atoms with E-state index >= 15 is 0 Å². The molecule has 0 saturated carbocycles. The Labute approximate surface area is 143 Å². The second-order valence-electron chi connectivity index (χ2n) is 5.54. The van der Waals surface area contributed by atoms with Crippen molar-refractivity contribution in [3.05, 3.63) is 46.8 Å². The fourth-order valence-electron chi connectivity index (χ4n) is 2.42. The van der Waals surface area contributed by atoms with Gasteiger partial charge in [0.05, 0.1) is 11.7 Å². The number of anilines is 1. The van der Waals surface area contributed by atoms with Crippen LogP contribution in [0.2, 0.25) is 0 Å². The van der Waals surface area contributed by atoms with Gasteiger partial charge in [-0.05, 0) is 32.4 Å². The number of para-hydroxylation sites is 1. The lowest BCUT2D eigenvalue weighted by Crippen LogP contribution is -2.25. The van der Waals surface area contributed by atoms with Crippen LogP contribution in [0.5, 0.6) is 0 Å². The number of carboxylic acid groups (broad SMARTS) is 1. The number of carbonyl (C=O) groups excluding carboxylic acids is 1. The van der Waals surface area contributed by atoms with E-state index < -0.39 is 21.1 Å². The van der Waals surface area contributed by atoms with Gasteiger partial charge in [0.1, 0.15) is 0 Å². The first-order valence-corrected chi connectivity index (χ1v) is 8.72. The molecule has 2 heterocycles. The van der Waals surface area contributed by atoms with Crippen LogP contribution >= 0.6 is 0 Å². The van der Waals surface area contributed by atoms with Crippen molar-refractivity contribution in [1.29, 1.82) is 0 Å². The molecule has 9 nitrogen and oxygen atoms in total. The Bertz CT molecular complexity index is 1100. The number of rotatable bonds is 4. The smallest absolute Gasteiger partial charge is 0.299 e. The van der Waals surface area contributed by atoms with E-state index in [0.29, 0.717) is 17.0 Å². The number of hydrogen-bond acceptors (Lipinski definition) is 7. The zero-order chi connectivity index (χ0) is 18.4. The number of aryl methyl sites for hydroxylation is 3. The lowest BCUT2D eigenvalue weighted by Gasteiger charge is -2.14. The van der Waals surface area contributed by atoms with E-state index in [1.807, 2.05) is 0 Å². The molecule has 10 heteroatoms. The molecule has 1 N–H and O–H groups in total. The van der Waals surface area contributed by atoms with Crippen LogP contribution in [0.1, 0.15) is 27.3 Å². The van der Waals surface area contributed by atoms with Gasteiger partial charge in [-0.25, -0.2) is 9.50 Å². The predicted molar refractivity (Wildman–Crippen MR) is 86.6 cm³/mol. The first-order chi connectivity index (χ1) is 11.7. The maximum Gasteiger partial charge on any atom is 0.299 e. The molecule has 0 spiro atoms. The van der Waals surface area contributed by atoms with Crippen LogP contribution in [0.3, 0.4) is 0 Å². The molecule has 1 aromatic carbocycles. The largest absolute Gasteiger partial charge is 0.545 e. The van der Waals surface area contributed by atoms with E-state index in [1.165, 1.54) is 16.6 Å². The highest BCUT2D eigenvalue weighted by Gasteiger charge is 2.24. The third kappa shape index (κ3) is 3.03. The molecule has 3 aromatic rings. The normalized spacial score (nSPS) is 11.6. The summed E-state index contributed by atoms with van der Waals surface area (Å²) in [6.07, 6.45) is 0. The number of fused-ring (bicyclic) bond motifs is 1. The Balaban J connectivity index is 2.10. The van der Waals surface area contributed by atoms with Gasteiger partial charge in [-0.3, -0.25) is 4.72 Å². The van der Waals surface area contributed by atoms with Gasteiger partial charge in [0.15, 0.2) is 0 Å². The highest BCUT2D eigenvalue weighted by atomic mass is 32.2. The summed E-state index contributed by atoms with van der Waals surface area (Å²) in [5.41, 5.74) is 1.43. The third-order valence-electron chi connectivity index (χ3n) is 3.57. The molecule has 0 radical (unpaired) electrons. The van der Waals surface area contributed by atoms with E-state index in [2.05, 4.69) is 19.8 Å². The minimum Gasteiger partial charge on any atom is -0.545 e. The number of carboxylic acids is 1. The van der Waals surface area contributed by atoms with Crippen molar-refractivity contribution in [2.24, 2.45) is 0 Å². The number of carbonyl (C=O) groups is 1. The highest BCUT2D eigenvalue weighted by Crippen LogP contribution is 2.23. The quantitative estimate of drug-likeness (QED) is 0.704. The lowest BCUT2D eigenvalue weighted by molar-refractivity contribution is -0.254. The predicted octanol–water partition coefficient (Wildman–Crippen LogP) is 0.214. The van der Waals surface area contributed by atoms with Gasteiger partial charge in [0, 0.05) is 17.0 Å². The number of hydrogen-bond donors (Lipinski definition) is 1. The van der Waals surface area contributed by atoms with E-state index in [9.17, 15) is 18.3 Å². The van der Waals surface area contributed by atoms with Crippen LogP contribution in [0.15, 0.2) is 29.4 Å². The van der Waals surface area contributed by atoms with Crippen molar-refractivity contribution in [3.8, 4) is 0 Å². The number of nitrogens with zero attached hydrogens (tertiary/aromatic N) is 4. The molecule has 0 saturated heterocycles. The average molecular weight is 360 g/mol. The topological polar surface area (TPSA) is 129 Å². The minimum atomic E-state index is -4.21. The van der Waals surface area contributed by atoms with E-state index in [-0.39, 0.29) is 17.0 Å². The van der Waals surface area contributed by atoms with Gasteiger partial charge in [-0.15, -0.1) is 5.10 Å². The van der Waals surface area contributed by atoms with Crippen molar-refractivity contribution >= 4 is 27.5 Å². The number of aromatic carboxylic acids is 1. The van der Waals surface area contributed by atoms with Gasteiger partial charge < -0.3 is 9.90 Å². The highest BCUT2D eigenvalue weighted by molar-refractivity contribution is 7.92. The Morgan fingerprint density at radius 3 is 2.60 bits per heavy atom. The van der Waals surface area contributed by atoms with E-state index in [4.69, 9.17) is 0 Å². The Morgan fingerprint density at radius 2 is 1.92 bits per heavy atom. The van der Waals surface area contributed by atoms with Crippen LogP contribution in [0.25, 0.3) is 5.78 Å². The van der Waals surface area contributed by atoms with Crippen LogP contribution in [-0.4, -0.2) is 34.0 Å². The van der Waals surface area contributed by atoms with Gasteiger partial charge in [0.25, 0.3) is 21.0 Å². The summed E-state index contributed by atoms with van der Waals surface area (Å²) in [6, 6.07) is 6.07. The first-order valence-electron chi connectivity index (χ1n) is 7.24. The Kier molecular flexibility index (Phi) is 3.91. The first kappa shape index (κ1) is 16.8. The molecule has 0 bridgehead atoms. The van der Waals surface area contributed by atoms with Crippen LogP contribution < -0.4 is 9.83 Å². The Hall–Kier alpha value is -3.01. The van der Waals surface area contributed by atoms with Gasteiger partial charge in [0.2, 0.25) is 0 Å². The van der Waals surface area contributed by atoms with Crippen LogP contribution in [-0.2, 0) is 10.0 Å². The van der Waals surface area contributed by atoms with Crippen molar-refractivity contribution < 1.29 is 18.3 Å². The summed E-state index contributed by atoms with van der Waals surface area (Å²) in [7, 11) is -4.21. The SMILES string of the molecule is Cc1cc(C)n2nc(S(=O)(=O)Nc3c(C)cccc3C(=O)[O-])nc2n1. The molecule has 25 heavy (non-hydrogen) atoms. The number of benzene rings is 1. The number of sulfonamides is 1. The molecule has 0 aliphatic rings. The molecule has 0 aliphatic carbocycles. The zero-order valence-electron chi connectivity index (χ0n) is 13.6. The molecule has 0 fully saturated rings. The number of aromatic nitrogens is 4. The summed E-state index contributed by atoms with van der Waals surface area (Å²) >= 11 is 0. The van der Waals surface area contributed by atoms with Gasteiger partial charge >= 0.3 is 0 Å². The molecule has 0 amide bonds. The second-order valence-corrected chi connectivity index (χ2v) is 7.11. The zero-order valence-corrected chi connectivity index (χ0v) is 14.5. The second kappa shape index (κ2) is 5.81. The van der Waals surface area contributed by atoms with Crippen molar-refractivity contribution in [2.45, 2.75) is 25.9 Å². The fourth-order valence-corrected chi connectivity index (χ4v) is 3.44. The summed E-state index contributed by atoms with van der Waals surface area (Å²) in [6.45, 7) is 5.08. The summed E-state index contributed by atoms with van der Waals surface area (Å²) in [5.74, 6) is -1.35. The summed E-state index contributed by atoms with van der Waals surface area (Å²) < 4.78 is 28.7. The average Bonchev–Trinajstić information content (AvgIpc) is 2.94. The maximum absolute atomic E-state index is 12.6. The van der Waals surface area contributed by atoms with E-state index in [1.54, 1.807) is 32.9 Å². The van der Waals surface area contributed by atoms with E-state index in [0.717, 1.165) is 0 Å². The fraction of sp³-hybridized carbons (Fsp3) is 0.200. The molecule has 0 atom stereocenters. The van der Waals surface area contributed by atoms with Crippen molar-refractivity contribution in [2.75, 3.05) is 4.72 Å². The van der Waals surface area contributed by atoms with Gasteiger partial charge in [-0.1, -0.05) is 18.2 Å².